The first kappa shape index (κ1) is 31.1. The van der Waals surface area contributed by atoms with Crippen molar-refractivity contribution in [1.29, 1.82) is 0 Å². The van der Waals surface area contributed by atoms with Crippen LogP contribution in [0.5, 0.6) is 11.5 Å². The average molecular weight is 569 g/mol. The molecule has 0 saturated carbocycles. The topological polar surface area (TPSA) is 146 Å². The fourth-order valence-corrected chi connectivity index (χ4v) is 6.29. The van der Waals surface area contributed by atoms with Gasteiger partial charge in [0.1, 0.15) is 19.3 Å². The van der Waals surface area contributed by atoms with Crippen LogP contribution in [0.4, 0.5) is 0 Å². The molecule has 0 bridgehead atoms. The maximum Gasteiger partial charge on any atom is 0.243 e. The van der Waals surface area contributed by atoms with Crippen molar-refractivity contribution in [2.24, 2.45) is 11.8 Å². The highest BCUT2D eigenvalue weighted by atomic mass is 32.2. The van der Waals surface area contributed by atoms with Gasteiger partial charge in [-0.1, -0.05) is 34.1 Å². The first-order valence-electron chi connectivity index (χ1n) is 13.9. The predicted molar refractivity (Wildman–Crippen MR) is 147 cm³/mol. The second kappa shape index (κ2) is 13.8. The third kappa shape index (κ3) is 8.06. The average Bonchev–Trinajstić information content (AvgIpc) is 3.45. The van der Waals surface area contributed by atoms with Gasteiger partial charge < -0.3 is 30.5 Å². The second-order valence-corrected chi connectivity index (χ2v) is 12.8. The molecule has 5 atom stereocenters. The van der Waals surface area contributed by atoms with Crippen LogP contribution < -0.4 is 25.4 Å². The van der Waals surface area contributed by atoms with Gasteiger partial charge in [0.25, 0.3) is 0 Å². The van der Waals surface area contributed by atoms with Crippen molar-refractivity contribution in [3.63, 3.8) is 0 Å². The summed E-state index contributed by atoms with van der Waals surface area (Å²) in [6.07, 6.45) is 1.11. The first-order valence-corrected chi connectivity index (χ1v) is 15.3. The number of ether oxygens (including phenoxy) is 2. The Labute approximate surface area is 232 Å². The molecule has 0 radical (unpaired) electrons. The number of benzene rings is 1. The van der Waals surface area contributed by atoms with Crippen molar-refractivity contribution in [3.8, 4) is 11.5 Å². The Morgan fingerprint density at radius 3 is 2.41 bits per heavy atom. The van der Waals surface area contributed by atoms with E-state index in [1.807, 2.05) is 27.7 Å². The van der Waals surface area contributed by atoms with E-state index in [9.17, 15) is 23.1 Å². The number of carbonyl (C=O) groups is 2. The molecular formula is C27H44N4O7S. The Morgan fingerprint density at radius 2 is 1.79 bits per heavy atom. The summed E-state index contributed by atoms with van der Waals surface area (Å²) in [7, 11) is -3.98. The summed E-state index contributed by atoms with van der Waals surface area (Å²) in [4.78, 5) is 25.9. The van der Waals surface area contributed by atoms with Crippen molar-refractivity contribution < 1.29 is 32.6 Å². The molecule has 220 valence electrons. The summed E-state index contributed by atoms with van der Waals surface area (Å²) >= 11 is 0. The van der Waals surface area contributed by atoms with Crippen molar-refractivity contribution in [3.05, 3.63) is 18.2 Å². The zero-order valence-electron chi connectivity index (χ0n) is 23.6. The summed E-state index contributed by atoms with van der Waals surface area (Å²) in [5.41, 5.74) is 0. The first-order chi connectivity index (χ1) is 18.4. The van der Waals surface area contributed by atoms with E-state index < -0.39 is 34.1 Å². The monoisotopic (exact) mass is 568 g/mol. The molecule has 1 unspecified atom stereocenters. The highest BCUT2D eigenvalue weighted by molar-refractivity contribution is 7.89. The third-order valence-electron chi connectivity index (χ3n) is 7.23. The molecule has 0 spiro atoms. The minimum Gasteiger partial charge on any atom is -0.486 e. The van der Waals surface area contributed by atoms with Crippen molar-refractivity contribution in [1.82, 2.24) is 20.3 Å². The zero-order chi connectivity index (χ0) is 28.7. The Morgan fingerprint density at radius 1 is 1.10 bits per heavy atom. The van der Waals surface area contributed by atoms with Crippen LogP contribution in [0.15, 0.2) is 23.1 Å². The summed E-state index contributed by atoms with van der Waals surface area (Å²) in [6.45, 7) is 10.7. The molecular weight excluding hydrogens is 524 g/mol. The lowest BCUT2D eigenvalue weighted by Crippen LogP contribution is -2.57. The van der Waals surface area contributed by atoms with Gasteiger partial charge in [-0.3, -0.25) is 9.59 Å². The Hall–Kier alpha value is -2.41. The third-order valence-corrected chi connectivity index (χ3v) is 9.06. The molecule has 1 saturated heterocycles. The quantitative estimate of drug-likeness (QED) is 0.278. The Bertz CT molecular complexity index is 1090. The number of hydrogen-bond acceptors (Lipinski definition) is 8. The van der Waals surface area contributed by atoms with Crippen LogP contribution in [0, 0.1) is 11.8 Å². The second-order valence-electron chi connectivity index (χ2n) is 10.9. The largest absolute Gasteiger partial charge is 0.486 e. The van der Waals surface area contributed by atoms with E-state index >= 15 is 0 Å². The van der Waals surface area contributed by atoms with E-state index in [1.165, 1.54) is 16.4 Å². The fraction of sp³-hybridized carbons (Fsp3) is 0.704. The van der Waals surface area contributed by atoms with E-state index in [-0.39, 0.29) is 41.8 Å². The summed E-state index contributed by atoms with van der Waals surface area (Å²) in [5.74, 6) is 0.0794. The lowest BCUT2D eigenvalue weighted by molar-refractivity contribution is -0.131. The number of nitrogens with zero attached hydrogens (tertiary/aromatic N) is 1. The number of nitrogens with one attached hydrogen (secondary N) is 3. The summed E-state index contributed by atoms with van der Waals surface area (Å²) in [5, 5.41) is 19.8. The Balaban J connectivity index is 1.70. The predicted octanol–water partition coefficient (Wildman–Crippen LogP) is 1.25. The molecule has 0 aromatic heterocycles. The Kier molecular flexibility index (Phi) is 11.0. The fourth-order valence-electron chi connectivity index (χ4n) is 4.65. The molecule has 0 aliphatic carbocycles. The van der Waals surface area contributed by atoms with Gasteiger partial charge in [0.15, 0.2) is 11.5 Å². The molecule has 1 aromatic rings. The number of amides is 2. The SMILES string of the molecule is CCC(C)[C@H](NC(=O)[C@@H]1CCCN1)C(=O)N[C@@H](C)[C@H](O)CN(CC(C)C)S(=O)(=O)c1ccc2c(c1)OCCO2. The lowest BCUT2D eigenvalue weighted by atomic mass is 9.97. The molecule has 12 heteroatoms. The number of aliphatic hydroxyl groups excluding tert-OH is 1. The zero-order valence-corrected chi connectivity index (χ0v) is 24.4. The van der Waals surface area contributed by atoms with Gasteiger partial charge in [0.2, 0.25) is 21.8 Å². The van der Waals surface area contributed by atoms with E-state index in [2.05, 4.69) is 16.0 Å². The van der Waals surface area contributed by atoms with Crippen molar-refractivity contribution in [2.75, 3.05) is 32.8 Å². The number of sulfonamides is 1. The number of rotatable bonds is 13. The smallest absolute Gasteiger partial charge is 0.243 e. The number of hydrogen-bond donors (Lipinski definition) is 4. The molecule has 2 heterocycles. The molecule has 2 amide bonds. The van der Waals surface area contributed by atoms with E-state index in [0.29, 0.717) is 31.1 Å². The van der Waals surface area contributed by atoms with Crippen molar-refractivity contribution in [2.45, 2.75) is 83.0 Å². The van der Waals surface area contributed by atoms with Crippen molar-refractivity contribution >= 4 is 21.8 Å². The molecule has 1 aromatic carbocycles. The maximum absolute atomic E-state index is 13.6. The number of fused-ring (bicyclic) bond motifs is 1. The summed E-state index contributed by atoms with van der Waals surface area (Å²) < 4.78 is 39.5. The van der Waals surface area contributed by atoms with E-state index in [1.54, 1.807) is 13.0 Å². The molecule has 2 aliphatic heterocycles. The standard InChI is InChI=1S/C27H44N4O7S/c1-6-18(4)25(30-26(33)21-8-7-11-28-21)27(34)29-19(5)22(32)16-31(15-17(2)3)39(35,36)20-9-10-23-24(14-20)38-13-12-37-23/h9-10,14,17-19,21-22,25,28,32H,6-8,11-13,15-16H2,1-5H3,(H,29,34)(H,30,33)/t18?,19-,21-,22+,25-/m0/s1. The van der Waals surface area contributed by atoms with Crippen LogP contribution in [-0.4, -0.2) is 86.7 Å². The highest BCUT2D eigenvalue weighted by Crippen LogP contribution is 2.33. The van der Waals surface area contributed by atoms with Gasteiger partial charge in [-0.2, -0.15) is 4.31 Å². The molecule has 4 N–H and O–H groups in total. The highest BCUT2D eigenvalue weighted by Gasteiger charge is 2.34. The van der Waals surface area contributed by atoms with Gasteiger partial charge in [-0.25, -0.2) is 8.42 Å². The number of carbonyl (C=O) groups excluding carboxylic acids is 2. The molecule has 1 fully saturated rings. The van der Waals surface area contributed by atoms with Gasteiger partial charge in [-0.05, 0) is 50.3 Å². The molecule has 39 heavy (non-hydrogen) atoms. The van der Waals surface area contributed by atoms with Crippen LogP contribution in [0.1, 0.15) is 53.9 Å². The minimum absolute atomic E-state index is 0.0109. The minimum atomic E-state index is -3.98. The lowest BCUT2D eigenvalue weighted by Gasteiger charge is -2.31. The van der Waals surface area contributed by atoms with Crippen LogP contribution in [0.2, 0.25) is 0 Å². The normalized spacial score (nSPS) is 20.4. The van der Waals surface area contributed by atoms with Gasteiger partial charge in [0, 0.05) is 19.2 Å². The molecule has 2 aliphatic rings. The number of aliphatic hydroxyl groups is 1. The molecule has 3 rings (SSSR count). The van der Waals surface area contributed by atoms with Crippen LogP contribution in [0.3, 0.4) is 0 Å². The van der Waals surface area contributed by atoms with Gasteiger partial charge >= 0.3 is 0 Å². The van der Waals surface area contributed by atoms with Crippen LogP contribution in [-0.2, 0) is 19.6 Å². The van der Waals surface area contributed by atoms with Gasteiger partial charge in [-0.15, -0.1) is 0 Å². The van der Waals surface area contributed by atoms with E-state index in [0.717, 1.165) is 19.4 Å². The van der Waals surface area contributed by atoms with Crippen LogP contribution in [0.25, 0.3) is 0 Å². The summed E-state index contributed by atoms with van der Waals surface area (Å²) in [6, 6.07) is 2.62. The van der Waals surface area contributed by atoms with E-state index in [4.69, 9.17) is 9.47 Å². The van der Waals surface area contributed by atoms with Gasteiger partial charge in [0.05, 0.1) is 23.1 Å². The maximum atomic E-state index is 13.6. The molecule has 11 nitrogen and oxygen atoms in total. The van der Waals surface area contributed by atoms with Crippen LogP contribution >= 0.6 is 0 Å².